The number of anilines is 1. The number of hydrogen-bond donors (Lipinski definition) is 0. The summed E-state index contributed by atoms with van der Waals surface area (Å²) in [6, 6.07) is 16.6. The van der Waals surface area contributed by atoms with Crippen molar-refractivity contribution in [3.05, 3.63) is 65.7 Å². The monoisotopic (exact) mass is 309 g/mol. The number of carbonyl (C=O) groups excluding carboxylic acids is 2. The Morgan fingerprint density at radius 3 is 2.48 bits per heavy atom. The van der Waals surface area contributed by atoms with Crippen LogP contribution in [0.2, 0.25) is 0 Å². The van der Waals surface area contributed by atoms with Crippen molar-refractivity contribution >= 4 is 17.6 Å². The van der Waals surface area contributed by atoms with E-state index in [0.29, 0.717) is 5.56 Å². The second kappa shape index (κ2) is 6.24. The average molecular weight is 309 g/mol. The number of benzene rings is 2. The summed E-state index contributed by atoms with van der Waals surface area (Å²) in [5.74, 6) is -0.668. The van der Waals surface area contributed by atoms with Crippen LogP contribution in [0.5, 0.6) is 0 Å². The minimum absolute atomic E-state index is 0.0674. The molecule has 0 fully saturated rings. The van der Waals surface area contributed by atoms with Crippen LogP contribution in [0.4, 0.5) is 5.69 Å². The number of nitrogens with zero attached hydrogens (tertiary/aromatic N) is 1. The summed E-state index contributed by atoms with van der Waals surface area (Å²) >= 11 is 0. The average Bonchev–Trinajstić information content (AvgIpc) is 2.90. The van der Waals surface area contributed by atoms with E-state index in [1.54, 1.807) is 36.1 Å². The van der Waals surface area contributed by atoms with Gasteiger partial charge in [-0.25, -0.2) is 4.79 Å². The van der Waals surface area contributed by atoms with Gasteiger partial charge < -0.3 is 9.64 Å². The molecule has 0 bridgehead atoms. The molecule has 1 heterocycles. The zero-order valence-electron chi connectivity index (χ0n) is 13.2. The summed E-state index contributed by atoms with van der Waals surface area (Å²) in [5, 5.41) is 0. The predicted molar refractivity (Wildman–Crippen MR) is 88.4 cm³/mol. The van der Waals surface area contributed by atoms with Gasteiger partial charge in [0.25, 0.3) is 5.91 Å². The first-order valence-corrected chi connectivity index (χ1v) is 7.75. The van der Waals surface area contributed by atoms with Crippen LogP contribution < -0.4 is 4.90 Å². The maximum atomic E-state index is 12.7. The molecule has 23 heavy (non-hydrogen) atoms. The van der Waals surface area contributed by atoms with Crippen molar-refractivity contribution in [3.63, 3.8) is 0 Å². The van der Waals surface area contributed by atoms with Crippen LogP contribution in [0.25, 0.3) is 0 Å². The molecule has 0 saturated carbocycles. The van der Waals surface area contributed by atoms with Crippen molar-refractivity contribution in [2.75, 3.05) is 4.90 Å². The number of rotatable bonds is 3. The molecule has 0 unspecified atom stereocenters. The van der Waals surface area contributed by atoms with E-state index in [4.69, 9.17) is 4.74 Å². The van der Waals surface area contributed by atoms with E-state index in [1.165, 1.54) is 0 Å². The Morgan fingerprint density at radius 1 is 1.09 bits per heavy atom. The number of para-hydroxylation sites is 1. The van der Waals surface area contributed by atoms with E-state index in [2.05, 4.69) is 0 Å². The lowest BCUT2D eigenvalue weighted by atomic mass is 10.1. The Balaban J connectivity index is 1.74. The molecule has 1 amide bonds. The van der Waals surface area contributed by atoms with Gasteiger partial charge in [0.15, 0.2) is 6.10 Å². The Bertz CT molecular complexity index is 726. The van der Waals surface area contributed by atoms with Gasteiger partial charge in [-0.3, -0.25) is 4.79 Å². The summed E-state index contributed by atoms with van der Waals surface area (Å²) in [6.07, 6.45) is -0.00216. The summed E-state index contributed by atoms with van der Waals surface area (Å²) in [7, 11) is 0. The molecule has 2 atom stereocenters. The zero-order chi connectivity index (χ0) is 16.4. The van der Waals surface area contributed by atoms with Crippen LogP contribution in [-0.2, 0) is 16.0 Å². The number of fused-ring (bicyclic) bond motifs is 1. The summed E-state index contributed by atoms with van der Waals surface area (Å²) in [6.45, 7) is 3.63. The second-order valence-corrected chi connectivity index (χ2v) is 5.80. The first-order chi connectivity index (χ1) is 11.1. The van der Waals surface area contributed by atoms with Crippen molar-refractivity contribution in [3.8, 4) is 0 Å². The van der Waals surface area contributed by atoms with Gasteiger partial charge in [0.1, 0.15) is 0 Å². The largest absolute Gasteiger partial charge is 0.449 e. The van der Waals surface area contributed by atoms with E-state index in [1.807, 2.05) is 37.3 Å². The van der Waals surface area contributed by atoms with Crippen molar-refractivity contribution in [2.45, 2.75) is 32.4 Å². The Morgan fingerprint density at radius 2 is 1.74 bits per heavy atom. The fourth-order valence-corrected chi connectivity index (χ4v) is 2.95. The van der Waals surface area contributed by atoms with Crippen molar-refractivity contribution in [1.29, 1.82) is 0 Å². The number of amides is 1. The molecule has 1 aliphatic heterocycles. The summed E-state index contributed by atoms with van der Waals surface area (Å²) in [5.41, 5.74) is 2.50. The molecule has 2 aromatic carbocycles. The molecule has 4 nitrogen and oxygen atoms in total. The molecule has 3 rings (SSSR count). The Kier molecular flexibility index (Phi) is 4.15. The second-order valence-electron chi connectivity index (χ2n) is 5.80. The van der Waals surface area contributed by atoms with E-state index in [0.717, 1.165) is 17.7 Å². The van der Waals surface area contributed by atoms with Gasteiger partial charge in [0.2, 0.25) is 0 Å². The van der Waals surface area contributed by atoms with Crippen LogP contribution in [0.1, 0.15) is 29.8 Å². The van der Waals surface area contributed by atoms with E-state index in [-0.39, 0.29) is 11.9 Å². The van der Waals surface area contributed by atoms with Crippen molar-refractivity contribution in [2.24, 2.45) is 0 Å². The van der Waals surface area contributed by atoms with Crippen LogP contribution >= 0.6 is 0 Å². The number of hydrogen-bond acceptors (Lipinski definition) is 3. The molecule has 0 radical (unpaired) electrons. The van der Waals surface area contributed by atoms with Crippen molar-refractivity contribution < 1.29 is 14.3 Å². The number of ether oxygens (including phenoxy) is 1. The zero-order valence-corrected chi connectivity index (χ0v) is 13.2. The van der Waals surface area contributed by atoms with Gasteiger partial charge in [0, 0.05) is 11.7 Å². The lowest BCUT2D eigenvalue weighted by Crippen LogP contribution is -2.43. The molecular formula is C19H19NO3. The van der Waals surface area contributed by atoms with Crippen LogP contribution in [-0.4, -0.2) is 24.0 Å². The van der Waals surface area contributed by atoms with Gasteiger partial charge in [-0.2, -0.15) is 0 Å². The molecule has 4 heteroatoms. The van der Waals surface area contributed by atoms with Gasteiger partial charge in [-0.05, 0) is 44.0 Å². The molecule has 0 saturated heterocycles. The smallest absolute Gasteiger partial charge is 0.338 e. The van der Waals surface area contributed by atoms with Gasteiger partial charge >= 0.3 is 5.97 Å². The van der Waals surface area contributed by atoms with Crippen LogP contribution in [0.3, 0.4) is 0 Å². The fraction of sp³-hybridized carbons (Fsp3) is 0.263. The van der Waals surface area contributed by atoms with Crippen LogP contribution in [0, 0.1) is 0 Å². The molecular weight excluding hydrogens is 290 g/mol. The van der Waals surface area contributed by atoms with E-state index >= 15 is 0 Å². The summed E-state index contributed by atoms with van der Waals surface area (Å²) in [4.78, 5) is 26.6. The Hall–Kier alpha value is -2.62. The first kappa shape index (κ1) is 15.3. The van der Waals surface area contributed by atoms with Crippen LogP contribution in [0.15, 0.2) is 54.6 Å². The Labute approximate surface area is 135 Å². The number of esters is 1. The standard InChI is InChI=1S/C19H19NO3/c1-13-12-16-10-6-7-11-17(16)20(13)18(21)14(2)23-19(22)15-8-4-3-5-9-15/h3-11,13-14H,12H2,1-2H3/t13-,14-/m0/s1. The lowest BCUT2D eigenvalue weighted by Gasteiger charge is -2.25. The maximum Gasteiger partial charge on any atom is 0.338 e. The predicted octanol–water partition coefficient (Wildman–Crippen LogP) is 3.21. The highest BCUT2D eigenvalue weighted by atomic mass is 16.5. The van der Waals surface area contributed by atoms with Crippen molar-refractivity contribution in [1.82, 2.24) is 0 Å². The molecule has 1 aliphatic rings. The molecule has 2 aromatic rings. The van der Waals surface area contributed by atoms with Gasteiger partial charge in [-0.15, -0.1) is 0 Å². The highest BCUT2D eigenvalue weighted by Gasteiger charge is 2.34. The van der Waals surface area contributed by atoms with E-state index in [9.17, 15) is 9.59 Å². The lowest BCUT2D eigenvalue weighted by molar-refractivity contribution is -0.126. The molecule has 118 valence electrons. The third-order valence-electron chi connectivity index (χ3n) is 4.09. The minimum Gasteiger partial charge on any atom is -0.449 e. The third kappa shape index (κ3) is 2.97. The topological polar surface area (TPSA) is 46.6 Å². The summed E-state index contributed by atoms with van der Waals surface area (Å²) < 4.78 is 5.34. The quantitative estimate of drug-likeness (QED) is 0.818. The highest BCUT2D eigenvalue weighted by molar-refractivity contribution is 6.00. The first-order valence-electron chi connectivity index (χ1n) is 7.75. The number of carbonyl (C=O) groups is 2. The minimum atomic E-state index is -0.823. The van der Waals surface area contributed by atoms with Gasteiger partial charge in [0.05, 0.1) is 5.56 Å². The highest BCUT2D eigenvalue weighted by Crippen LogP contribution is 2.32. The normalized spacial score (nSPS) is 17.5. The molecule has 0 aromatic heterocycles. The van der Waals surface area contributed by atoms with E-state index < -0.39 is 12.1 Å². The SMILES string of the molecule is C[C@H](OC(=O)c1ccccc1)C(=O)N1c2ccccc2C[C@@H]1C. The molecule has 0 N–H and O–H groups in total. The molecule has 0 spiro atoms. The maximum absolute atomic E-state index is 12.7. The van der Waals surface area contributed by atoms with Gasteiger partial charge in [-0.1, -0.05) is 36.4 Å². The third-order valence-corrected chi connectivity index (χ3v) is 4.09. The fourth-order valence-electron chi connectivity index (χ4n) is 2.95. The molecule has 0 aliphatic carbocycles.